The van der Waals surface area contributed by atoms with Crippen LogP contribution in [0.2, 0.25) is 0 Å². The number of ether oxygens (including phenoxy) is 1. The van der Waals surface area contributed by atoms with Crippen molar-refractivity contribution in [2.75, 3.05) is 19.7 Å². The first-order valence-corrected chi connectivity index (χ1v) is 7.33. The average Bonchev–Trinajstić information content (AvgIpc) is 3.03. The fraction of sp³-hybridized carbons (Fsp3) is 0.615. The van der Waals surface area contributed by atoms with Crippen molar-refractivity contribution in [1.29, 1.82) is 0 Å². The number of urea groups is 1. The summed E-state index contributed by atoms with van der Waals surface area (Å²) in [4.78, 5) is 36.5. The number of rotatable bonds is 8. The van der Waals surface area contributed by atoms with E-state index in [2.05, 4.69) is 25.6 Å². The van der Waals surface area contributed by atoms with Gasteiger partial charge < -0.3 is 15.4 Å². The molecule has 1 aromatic heterocycles. The minimum absolute atomic E-state index is 0.102. The number of imide groups is 1. The predicted molar refractivity (Wildman–Crippen MR) is 76.5 cm³/mol. The van der Waals surface area contributed by atoms with Crippen LogP contribution in [0.25, 0.3) is 0 Å². The second-order valence-corrected chi connectivity index (χ2v) is 5.05. The van der Waals surface area contributed by atoms with Gasteiger partial charge in [-0.1, -0.05) is 12.1 Å². The van der Waals surface area contributed by atoms with Gasteiger partial charge in [-0.2, -0.15) is 0 Å². The van der Waals surface area contributed by atoms with Crippen LogP contribution in [0.3, 0.4) is 0 Å². The van der Waals surface area contributed by atoms with Gasteiger partial charge in [0.05, 0.1) is 13.0 Å². The number of nitrogens with zero attached hydrogens (tertiary/aromatic N) is 3. The monoisotopic (exact) mass is 325 g/mol. The molecule has 0 radical (unpaired) electrons. The molecule has 0 saturated carbocycles. The molecule has 1 unspecified atom stereocenters. The summed E-state index contributed by atoms with van der Waals surface area (Å²) in [5, 5.41) is 12.2. The topological polar surface area (TPSA) is 127 Å². The van der Waals surface area contributed by atoms with Gasteiger partial charge in [0.15, 0.2) is 0 Å². The van der Waals surface area contributed by atoms with Crippen molar-refractivity contribution in [1.82, 2.24) is 25.8 Å². The summed E-state index contributed by atoms with van der Waals surface area (Å²) in [5.74, 6) is -0.444. The van der Waals surface area contributed by atoms with Crippen LogP contribution < -0.4 is 15.4 Å². The lowest BCUT2D eigenvalue weighted by Crippen LogP contribution is -2.37. The third-order valence-electron chi connectivity index (χ3n) is 3.22. The molecule has 10 nitrogen and oxygen atoms in total. The Morgan fingerprint density at radius 2 is 2.22 bits per heavy atom. The van der Waals surface area contributed by atoms with Crippen LogP contribution in [0.5, 0.6) is 5.88 Å². The zero-order chi connectivity index (χ0) is 16.8. The number of hydrogen-bond acceptors (Lipinski definition) is 7. The van der Waals surface area contributed by atoms with Crippen molar-refractivity contribution < 1.29 is 23.7 Å². The van der Waals surface area contributed by atoms with E-state index in [1.54, 1.807) is 6.92 Å². The highest BCUT2D eigenvalue weighted by molar-refractivity contribution is 6.05. The number of aromatic nitrogens is 2. The molecule has 126 valence electrons. The lowest BCUT2D eigenvalue weighted by molar-refractivity contribution is -0.130. The van der Waals surface area contributed by atoms with Crippen molar-refractivity contribution in [3.63, 3.8) is 0 Å². The van der Waals surface area contributed by atoms with Crippen molar-refractivity contribution in [2.45, 2.75) is 32.7 Å². The molecule has 0 spiro atoms. The maximum atomic E-state index is 12.0. The second kappa shape index (κ2) is 7.56. The third-order valence-corrected chi connectivity index (χ3v) is 3.22. The summed E-state index contributed by atoms with van der Waals surface area (Å²) in [5.41, 5.74) is 0.520. The smallest absolute Gasteiger partial charge is 0.324 e. The zero-order valence-corrected chi connectivity index (χ0v) is 13.0. The first-order valence-electron chi connectivity index (χ1n) is 7.33. The number of aryl methyl sites for hydroxylation is 1. The quantitative estimate of drug-likeness (QED) is 0.491. The Kier molecular flexibility index (Phi) is 5.50. The van der Waals surface area contributed by atoms with E-state index >= 15 is 0 Å². The predicted octanol–water partition coefficient (Wildman–Crippen LogP) is -0.406. The van der Waals surface area contributed by atoms with Gasteiger partial charge in [-0.15, -0.1) is 0 Å². The Morgan fingerprint density at radius 1 is 1.43 bits per heavy atom. The summed E-state index contributed by atoms with van der Waals surface area (Å²) in [6.07, 6.45) is 0.571. The van der Waals surface area contributed by atoms with Crippen molar-refractivity contribution in [3.05, 3.63) is 5.69 Å². The van der Waals surface area contributed by atoms with E-state index in [1.807, 2.05) is 6.92 Å². The largest absolute Gasteiger partial charge is 0.472 e. The van der Waals surface area contributed by atoms with E-state index in [1.165, 1.54) is 0 Å². The lowest BCUT2D eigenvalue weighted by Gasteiger charge is -2.11. The molecular weight excluding hydrogens is 306 g/mol. The van der Waals surface area contributed by atoms with Crippen LogP contribution in [0.15, 0.2) is 4.63 Å². The standard InChI is InChI=1S/C13H19N5O5/c1-3-5-18-12(20)9(15-13(18)21)7-10(19)14-4-6-22-11-8(2)16-23-17-11/h9H,3-7H2,1-2H3,(H,14,19)(H,15,21). The minimum atomic E-state index is -0.808. The lowest BCUT2D eigenvalue weighted by atomic mass is 10.2. The normalized spacial score (nSPS) is 17.3. The van der Waals surface area contributed by atoms with Crippen LogP contribution >= 0.6 is 0 Å². The summed E-state index contributed by atoms with van der Waals surface area (Å²) in [6.45, 7) is 4.32. The maximum absolute atomic E-state index is 12.0. The van der Waals surface area contributed by atoms with E-state index in [0.29, 0.717) is 18.7 Å². The summed E-state index contributed by atoms with van der Waals surface area (Å²) >= 11 is 0. The highest BCUT2D eigenvalue weighted by Gasteiger charge is 2.38. The van der Waals surface area contributed by atoms with Crippen LogP contribution in [0, 0.1) is 6.92 Å². The first kappa shape index (κ1) is 16.7. The molecule has 2 heterocycles. The Labute approximate surface area is 132 Å². The SMILES string of the molecule is CCCN1C(=O)NC(CC(=O)NCCOc2nonc2C)C1=O. The van der Waals surface area contributed by atoms with Crippen molar-refractivity contribution in [3.8, 4) is 5.88 Å². The zero-order valence-electron chi connectivity index (χ0n) is 13.0. The van der Waals surface area contributed by atoms with Gasteiger partial charge in [0.1, 0.15) is 18.3 Å². The molecule has 0 aromatic carbocycles. The molecule has 23 heavy (non-hydrogen) atoms. The van der Waals surface area contributed by atoms with Gasteiger partial charge in [0.2, 0.25) is 5.91 Å². The van der Waals surface area contributed by atoms with E-state index < -0.39 is 12.1 Å². The molecule has 0 aliphatic carbocycles. The first-order chi connectivity index (χ1) is 11.0. The van der Waals surface area contributed by atoms with Gasteiger partial charge in [0, 0.05) is 6.54 Å². The van der Waals surface area contributed by atoms with Gasteiger partial charge in [-0.05, 0) is 18.5 Å². The molecule has 4 amide bonds. The van der Waals surface area contributed by atoms with E-state index in [4.69, 9.17) is 4.74 Å². The molecule has 1 aromatic rings. The minimum Gasteiger partial charge on any atom is -0.472 e. The van der Waals surface area contributed by atoms with E-state index in [9.17, 15) is 14.4 Å². The highest BCUT2D eigenvalue weighted by atomic mass is 16.6. The molecule has 0 bridgehead atoms. The van der Waals surface area contributed by atoms with Crippen molar-refractivity contribution in [2.24, 2.45) is 0 Å². The number of carbonyl (C=O) groups excluding carboxylic acids is 3. The molecule has 2 N–H and O–H groups in total. The van der Waals surface area contributed by atoms with Crippen LogP contribution in [0.1, 0.15) is 25.5 Å². The average molecular weight is 325 g/mol. The fourth-order valence-corrected chi connectivity index (χ4v) is 2.10. The van der Waals surface area contributed by atoms with Gasteiger partial charge in [-0.25, -0.2) is 9.42 Å². The van der Waals surface area contributed by atoms with Gasteiger partial charge in [0.25, 0.3) is 11.8 Å². The molecule has 2 rings (SSSR count). The Morgan fingerprint density at radius 3 is 2.87 bits per heavy atom. The summed E-state index contributed by atoms with van der Waals surface area (Å²) < 4.78 is 9.73. The Hall–Kier alpha value is -2.65. The number of amides is 4. The molecular formula is C13H19N5O5. The molecule has 10 heteroatoms. The molecule has 1 fully saturated rings. The van der Waals surface area contributed by atoms with Gasteiger partial charge >= 0.3 is 6.03 Å². The van der Waals surface area contributed by atoms with Gasteiger partial charge in [-0.3, -0.25) is 14.5 Å². The van der Waals surface area contributed by atoms with Crippen LogP contribution in [-0.2, 0) is 9.59 Å². The maximum Gasteiger partial charge on any atom is 0.324 e. The molecule has 1 atom stereocenters. The molecule has 1 aliphatic heterocycles. The molecule has 1 aliphatic rings. The Balaban J connectivity index is 1.70. The summed E-state index contributed by atoms with van der Waals surface area (Å²) in [6, 6.07) is -1.26. The van der Waals surface area contributed by atoms with Crippen LogP contribution in [-0.4, -0.2) is 58.8 Å². The highest BCUT2D eigenvalue weighted by Crippen LogP contribution is 2.10. The van der Waals surface area contributed by atoms with Crippen molar-refractivity contribution >= 4 is 17.8 Å². The second-order valence-electron chi connectivity index (χ2n) is 5.05. The fourth-order valence-electron chi connectivity index (χ4n) is 2.10. The third kappa shape index (κ3) is 4.18. The summed E-state index contributed by atoms with van der Waals surface area (Å²) in [7, 11) is 0. The molecule has 1 saturated heterocycles. The van der Waals surface area contributed by atoms with Crippen LogP contribution in [0.4, 0.5) is 4.79 Å². The number of hydrogen-bond donors (Lipinski definition) is 2. The number of nitrogens with one attached hydrogen (secondary N) is 2. The number of carbonyl (C=O) groups is 3. The van der Waals surface area contributed by atoms with E-state index in [0.717, 1.165) is 4.90 Å². The van der Waals surface area contributed by atoms with E-state index in [-0.39, 0.29) is 37.3 Å². The Bertz CT molecular complexity index is 587.